The summed E-state index contributed by atoms with van der Waals surface area (Å²) in [6.45, 7) is 5.39. The SMILES string of the molecule is CCCn1c(NC(=O)C2CCCCN2C(=O)CC)nc2ccccc21. The molecule has 3 rings (SSSR count). The molecule has 1 aliphatic rings. The number of nitrogens with zero attached hydrogens (tertiary/aromatic N) is 3. The minimum atomic E-state index is -0.393. The molecule has 134 valence electrons. The van der Waals surface area contributed by atoms with Crippen LogP contribution in [0.2, 0.25) is 0 Å². The normalized spacial score (nSPS) is 17.7. The first-order valence-corrected chi connectivity index (χ1v) is 9.21. The predicted octanol–water partition coefficient (Wildman–Crippen LogP) is 3.18. The first-order valence-electron chi connectivity index (χ1n) is 9.21. The predicted molar refractivity (Wildman–Crippen MR) is 98.3 cm³/mol. The average molecular weight is 342 g/mol. The summed E-state index contributed by atoms with van der Waals surface area (Å²) >= 11 is 0. The van der Waals surface area contributed by atoms with Gasteiger partial charge < -0.3 is 9.47 Å². The number of benzene rings is 1. The molecule has 1 aromatic carbocycles. The van der Waals surface area contributed by atoms with Crippen molar-refractivity contribution in [2.75, 3.05) is 11.9 Å². The van der Waals surface area contributed by atoms with Crippen molar-refractivity contribution in [3.8, 4) is 0 Å². The summed E-state index contributed by atoms with van der Waals surface area (Å²) in [5.41, 5.74) is 1.89. The van der Waals surface area contributed by atoms with E-state index in [0.717, 1.165) is 36.8 Å². The Hall–Kier alpha value is -2.37. The summed E-state index contributed by atoms with van der Waals surface area (Å²) in [5, 5.41) is 2.98. The molecule has 25 heavy (non-hydrogen) atoms. The first-order chi connectivity index (χ1) is 12.2. The topological polar surface area (TPSA) is 67.2 Å². The number of fused-ring (bicyclic) bond motifs is 1. The number of amides is 2. The second-order valence-electron chi connectivity index (χ2n) is 6.52. The molecule has 0 spiro atoms. The maximum Gasteiger partial charge on any atom is 0.249 e. The van der Waals surface area contributed by atoms with Crippen LogP contribution < -0.4 is 5.32 Å². The van der Waals surface area contributed by atoms with Crippen molar-refractivity contribution in [3.05, 3.63) is 24.3 Å². The Labute approximate surface area is 148 Å². The number of para-hydroxylation sites is 2. The van der Waals surface area contributed by atoms with Gasteiger partial charge in [-0.2, -0.15) is 0 Å². The van der Waals surface area contributed by atoms with Gasteiger partial charge in [-0.25, -0.2) is 4.98 Å². The third-order valence-electron chi connectivity index (χ3n) is 4.77. The van der Waals surface area contributed by atoms with Gasteiger partial charge in [0.1, 0.15) is 6.04 Å². The van der Waals surface area contributed by atoms with Crippen molar-refractivity contribution in [3.63, 3.8) is 0 Å². The zero-order valence-electron chi connectivity index (χ0n) is 15.0. The lowest BCUT2D eigenvalue weighted by Gasteiger charge is -2.34. The highest BCUT2D eigenvalue weighted by Crippen LogP contribution is 2.23. The molecule has 1 aromatic heterocycles. The van der Waals surface area contributed by atoms with Crippen molar-refractivity contribution >= 4 is 28.8 Å². The molecular weight excluding hydrogens is 316 g/mol. The fraction of sp³-hybridized carbons (Fsp3) is 0.526. The Bertz CT molecular complexity index is 768. The number of nitrogens with one attached hydrogen (secondary N) is 1. The number of hydrogen-bond donors (Lipinski definition) is 1. The number of likely N-dealkylation sites (tertiary alicyclic amines) is 1. The van der Waals surface area contributed by atoms with E-state index in [9.17, 15) is 9.59 Å². The fourth-order valence-electron chi connectivity index (χ4n) is 3.52. The van der Waals surface area contributed by atoms with E-state index in [2.05, 4.69) is 17.2 Å². The van der Waals surface area contributed by atoms with E-state index in [1.165, 1.54) is 0 Å². The van der Waals surface area contributed by atoms with Crippen molar-refractivity contribution in [2.24, 2.45) is 0 Å². The van der Waals surface area contributed by atoms with Crippen molar-refractivity contribution in [2.45, 2.75) is 58.5 Å². The van der Waals surface area contributed by atoms with Gasteiger partial charge in [-0.05, 0) is 37.8 Å². The van der Waals surface area contributed by atoms with Crippen LogP contribution in [0.4, 0.5) is 5.95 Å². The number of carbonyl (C=O) groups is 2. The Morgan fingerprint density at radius 3 is 2.80 bits per heavy atom. The van der Waals surface area contributed by atoms with Gasteiger partial charge >= 0.3 is 0 Å². The Morgan fingerprint density at radius 2 is 2.04 bits per heavy atom. The number of aryl methyl sites for hydroxylation is 1. The van der Waals surface area contributed by atoms with Gasteiger partial charge in [0.15, 0.2) is 0 Å². The second-order valence-corrected chi connectivity index (χ2v) is 6.52. The molecule has 6 heteroatoms. The summed E-state index contributed by atoms with van der Waals surface area (Å²) in [7, 11) is 0. The van der Waals surface area contributed by atoms with Crippen LogP contribution >= 0.6 is 0 Å². The Kier molecular flexibility index (Phi) is 5.36. The van der Waals surface area contributed by atoms with Gasteiger partial charge in [0.05, 0.1) is 11.0 Å². The number of aromatic nitrogens is 2. The summed E-state index contributed by atoms with van der Waals surface area (Å²) < 4.78 is 2.04. The van der Waals surface area contributed by atoms with Gasteiger partial charge in [0, 0.05) is 19.5 Å². The van der Waals surface area contributed by atoms with E-state index in [1.54, 1.807) is 4.90 Å². The molecule has 1 saturated heterocycles. The number of carbonyl (C=O) groups excluding carboxylic acids is 2. The van der Waals surface area contributed by atoms with E-state index in [-0.39, 0.29) is 11.8 Å². The molecule has 2 heterocycles. The van der Waals surface area contributed by atoms with Gasteiger partial charge in [0.25, 0.3) is 0 Å². The monoisotopic (exact) mass is 342 g/mol. The van der Waals surface area contributed by atoms with E-state index >= 15 is 0 Å². The highest BCUT2D eigenvalue weighted by Gasteiger charge is 2.32. The molecule has 1 atom stereocenters. The van der Waals surface area contributed by atoms with Crippen LogP contribution in [0.3, 0.4) is 0 Å². The highest BCUT2D eigenvalue weighted by atomic mass is 16.2. The molecule has 0 bridgehead atoms. The van der Waals surface area contributed by atoms with E-state index in [1.807, 2.05) is 35.8 Å². The molecule has 1 N–H and O–H groups in total. The molecule has 2 aromatic rings. The highest BCUT2D eigenvalue weighted by molar-refractivity contribution is 5.97. The first kappa shape index (κ1) is 17.5. The molecule has 1 fully saturated rings. The van der Waals surface area contributed by atoms with Gasteiger partial charge in [-0.1, -0.05) is 26.0 Å². The van der Waals surface area contributed by atoms with E-state index < -0.39 is 6.04 Å². The fourth-order valence-corrected chi connectivity index (χ4v) is 3.52. The maximum atomic E-state index is 12.9. The number of piperidine rings is 1. The smallest absolute Gasteiger partial charge is 0.249 e. The van der Waals surface area contributed by atoms with Crippen molar-refractivity contribution < 1.29 is 9.59 Å². The number of hydrogen-bond acceptors (Lipinski definition) is 3. The molecule has 0 aliphatic carbocycles. The number of imidazole rings is 1. The summed E-state index contributed by atoms with van der Waals surface area (Å²) in [4.78, 5) is 31.4. The third kappa shape index (κ3) is 3.52. The van der Waals surface area contributed by atoms with Gasteiger partial charge in [0.2, 0.25) is 17.8 Å². The minimum Gasteiger partial charge on any atom is -0.331 e. The maximum absolute atomic E-state index is 12.9. The van der Waals surface area contributed by atoms with Gasteiger partial charge in [-0.15, -0.1) is 0 Å². The molecule has 1 aliphatic heterocycles. The largest absolute Gasteiger partial charge is 0.331 e. The quantitative estimate of drug-likeness (QED) is 0.907. The standard InChI is InChI=1S/C19H26N4O2/c1-3-12-23-15-10-6-5-9-14(15)20-19(23)21-18(25)16-11-7-8-13-22(16)17(24)4-2/h5-6,9-10,16H,3-4,7-8,11-13H2,1-2H3,(H,20,21,25). The van der Waals surface area contributed by atoms with E-state index in [0.29, 0.717) is 25.3 Å². The van der Waals surface area contributed by atoms with Gasteiger partial charge in [-0.3, -0.25) is 14.9 Å². The number of rotatable bonds is 5. The minimum absolute atomic E-state index is 0.0434. The van der Waals surface area contributed by atoms with Crippen LogP contribution in [0.5, 0.6) is 0 Å². The van der Waals surface area contributed by atoms with Crippen molar-refractivity contribution in [1.29, 1.82) is 0 Å². The zero-order valence-corrected chi connectivity index (χ0v) is 15.0. The molecule has 1 unspecified atom stereocenters. The summed E-state index contributed by atoms with van der Waals surface area (Å²) in [6.07, 6.45) is 4.03. The van der Waals surface area contributed by atoms with Crippen LogP contribution in [0, 0.1) is 0 Å². The van der Waals surface area contributed by atoms with Crippen LogP contribution in [0.15, 0.2) is 24.3 Å². The lowest BCUT2D eigenvalue weighted by atomic mass is 10.0. The molecule has 6 nitrogen and oxygen atoms in total. The van der Waals surface area contributed by atoms with Crippen LogP contribution in [-0.4, -0.2) is 38.9 Å². The van der Waals surface area contributed by atoms with Crippen LogP contribution in [-0.2, 0) is 16.1 Å². The number of anilines is 1. The molecule has 2 amide bonds. The van der Waals surface area contributed by atoms with Crippen LogP contribution in [0.25, 0.3) is 11.0 Å². The summed E-state index contributed by atoms with van der Waals surface area (Å²) in [5.74, 6) is 0.485. The molecule has 0 radical (unpaired) electrons. The third-order valence-corrected chi connectivity index (χ3v) is 4.77. The van der Waals surface area contributed by atoms with Crippen molar-refractivity contribution in [1.82, 2.24) is 14.5 Å². The molecule has 0 saturated carbocycles. The zero-order chi connectivity index (χ0) is 17.8. The Morgan fingerprint density at radius 1 is 1.24 bits per heavy atom. The lowest BCUT2D eigenvalue weighted by Crippen LogP contribution is -2.50. The van der Waals surface area contributed by atoms with Crippen LogP contribution in [0.1, 0.15) is 46.0 Å². The lowest BCUT2D eigenvalue weighted by molar-refractivity contribution is -0.140. The average Bonchev–Trinajstić information content (AvgIpc) is 2.98. The van der Waals surface area contributed by atoms with E-state index in [4.69, 9.17) is 0 Å². The second kappa shape index (κ2) is 7.68. The molecular formula is C19H26N4O2. The Balaban J connectivity index is 1.85. The summed E-state index contributed by atoms with van der Waals surface area (Å²) in [6, 6.07) is 7.49.